The van der Waals surface area contributed by atoms with Crippen LogP contribution in [-0.4, -0.2) is 54.2 Å². The fourth-order valence-corrected chi connectivity index (χ4v) is 2.70. The molecule has 1 fully saturated rings. The highest BCUT2D eigenvalue weighted by Gasteiger charge is 2.33. The monoisotopic (exact) mass is 277 g/mol. The normalized spacial score (nSPS) is 17.0. The number of carbonyl (C=O) groups is 1. The molecule has 0 bridgehead atoms. The fourth-order valence-electron chi connectivity index (χ4n) is 2.70. The van der Waals surface area contributed by atoms with Crippen molar-refractivity contribution in [1.29, 1.82) is 0 Å². The molecular weight excluding hydrogens is 254 g/mol. The van der Waals surface area contributed by atoms with E-state index in [1.54, 1.807) is 24.2 Å². The Bertz CT molecular complexity index is 465. The number of likely N-dealkylation sites (N-methyl/N-ethyl adjacent to an activating group) is 1. The lowest BCUT2D eigenvalue weighted by Crippen LogP contribution is -2.42. The highest BCUT2D eigenvalue weighted by molar-refractivity contribution is 5.94. The van der Waals surface area contributed by atoms with Gasteiger partial charge in [0.2, 0.25) is 0 Å². The van der Waals surface area contributed by atoms with Crippen molar-refractivity contribution in [3.63, 3.8) is 0 Å². The van der Waals surface area contributed by atoms with Crippen molar-refractivity contribution in [3.05, 3.63) is 23.9 Å². The first-order chi connectivity index (χ1) is 9.41. The SMILES string of the molecule is CN(CC1(O)CCCC1)C(=O)c1ccc(N(C)C)nc1. The van der Waals surface area contributed by atoms with Crippen LogP contribution in [-0.2, 0) is 0 Å². The van der Waals surface area contributed by atoms with Gasteiger partial charge in [0.1, 0.15) is 5.82 Å². The lowest BCUT2D eigenvalue weighted by Gasteiger charge is -2.28. The Hall–Kier alpha value is -1.62. The van der Waals surface area contributed by atoms with Gasteiger partial charge in [0.15, 0.2) is 0 Å². The molecule has 0 unspecified atom stereocenters. The second kappa shape index (κ2) is 5.79. The van der Waals surface area contributed by atoms with Crippen LogP contribution in [0.3, 0.4) is 0 Å². The van der Waals surface area contributed by atoms with Crippen LogP contribution in [0.25, 0.3) is 0 Å². The Morgan fingerprint density at radius 1 is 1.30 bits per heavy atom. The number of amides is 1. The first-order valence-electron chi connectivity index (χ1n) is 7.02. The molecule has 0 atom stereocenters. The molecule has 1 N–H and O–H groups in total. The Morgan fingerprint density at radius 3 is 2.45 bits per heavy atom. The minimum absolute atomic E-state index is 0.0943. The number of aromatic nitrogens is 1. The first-order valence-corrected chi connectivity index (χ1v) is 7.02. The van der Waals surface area contributed by atoms with Crippen LogP contribution < -0.4 is 4.90 Å². The average molecular weight is 277 g/mol. The Balaban J connectivity index is 2.02. The van der Waals surface area contributed by atoms with Gasteiger partial charge in [-0.2, -0.15) is 0 Å². The molecule has 1 aliphatic rings. The molecule has 0 radical (unpaired) electrons. The standard InChI is InChI=1S/C15H23N3O2/c1-17(2)13-7-6-12(10-16-13)14(19)18(3)11-15(20)8-4-5-9-15/h6-7,10,20H,4-5,8-9,11H2,1-3H3. The Kier molecular flexibility index (Phi) is 4.28. The van der Waals surface area contributed by atoms with Gasteiger partial charge in [0, 0.05) is 33.9 Å². The van der Waals surface area contributed by atoms with E-state index in [9.17, 15) is 9.90 Å². The van der Waals surface area contributed by atoms with E-state index in [4.69, 9.17) is 0 Å². The van der Waals surface area contributed by atoms with Gasteiger partial charge in [-0.1, -0.05) is 12.8 Å². The zero-order valence-corrected chi connectivity index (χ0v) is 12.5. The van der Waals surface area contributed by atoms with E-state index in [2.05, 4.69) is 4.98 Å². The molecule has 0 aromatic carbocycles. The molecular formula is C15H23N3O2. The van der Waals surface area contributed by atoms with E-state index in [0.717, 1.165) is 31.5 Å². The van der Waals surface area contributed by atoms with Gasteiger partial charge >= 0.3 is 0 Å². The van der Waals surface area contributed by atoms with Crippen molar-refractivity contribution in [2.24, 2.45) is 0 Å². The Morgan fingerprint density at radius 2 is 1.95 bits per heavy atom. The first kappa shape index (κ1) is 14.8. The smallest absolute Gasteiger partial charge is 0.255 e. The summed E-state index contributed by atoms with van der Waals surface area (Å²) in [6, 6.07) is 3.60. The molecule has 1 aromatic heterocycles. The summed E-state index contributed by atoms with van der Waals surface area (Å²) in [6.45, 7) is 0.390. The average Bonchev–Trinajstić information content (AvgIpc) is 2.84. The molecule has 110 valence electrons. The summed E-state index contributed by atoms with van der Waals surface area (Å²) in [5.74, 6) is 0.724. The third-order valence-electron chi connectivity index (χ3n) is 3.87. The summed E-state index contributed by atoms with van der Waals surface area (Å²) < 4.78 is 0. The van der Waals surface area contributed by atoms with Gasteiger partial charge in [0.25, 0.3) is 5.91 Å². The van der Waals surface area contributed by atoms with Gasteiger partial charge in [-0.05, 0) is 25.0 Å². The van der Waals surface area contributed by atoms with Gasteiger partial charge in [-0.3, -0.25) is 4.79 Å². The van der Waals surface area contributed by atoms with E-state index in [1.165, 1.54) is 0 Å². The number of aliphatic hydroxyl groups is 1. The lowest BCUT2D eigenvalue weighted by molar-refractivity contribution is 0.0156. The van der Waals surface area contributed by atoms with Crippen LogP contribution in [0.2, 0.25) is 0 Å². The number of anilines is 1. The number of pyridine rings is 1. The zero-order chi connectivity index (χ0) is 14.8. The number of hydrogen-bond acceptors (Lipinski definition) is 4. The third kappa shape index (κ3) is 3.28. The lowest BCUT2D eigenvalue weighted by atomic mass is 10.0. The van der Waals surface area contributed by atoms with Gasteiger partial charge in [0.05, 0.1) is 11.2 Å². The van der Waals surface area contributed by atoms with Gasteiger partial charge in [-0.15, -0.1) is 0 Å². The molecule has 20 heavy (non-hydrogen) atoms. The van der Waals surface area contributed by atoms with Crippen molar-refractivity contribution in [3.8, 4) is 0 Å². The maximum absolute atomic E-state index is 12.3. The number of carbonyl (C=O) groups excluding carboxylic acids is 1. The minimum Gasteiger partial charge on any atom is -0.388 e. The second-order valence-corrected chi connectivity index (χ2v) is 5.89. The van der Waals surface area contributed by atoms with Crippen LogP contribution in [0.15, 0.2) is 18.3 Å². The molecule has 1 saturated carbocycles. The van der Waals surface area contributed by atoms with E-state index in [-0.39, 0.29) is 5.91 Å². The molecule has 0 spiro atoms. The van der Waals surface area contributed by atoms with Gasteiger partial charge in [-0.25, -0.2) is 4.98 Å². The van der Waals surface area contributed by atoms with Crippen molar-refractivity contribution < 1.29 is 9.90 Å². The van der Waals surface area contributed by atoms with Crippen LogP contribution in [0.1, 0.15) is 36.0 Å². The molecule has 1 amide bonds. The molecule has 0 saturated heterocycles. The van der Waals surface area contributed by atoms with Crippen LogP contribution in [0.4, 0.5) is 5.82 Å². The van der Waals surface area contributed by atoms with E-state index < -0.39 is 5.60 Å². The maximum atomic E-state index is 12.3. The summed E-state index contributed by atoms with van der Waals surface area (Å²) in [7, 11) is 5.55. The highest BCUT2D eigenvalue weighted by atomic mass is 16.3. The quantitative estimate of drug-likeness (QED) is 0.906. The van der Waals surface area contributed by atoms with E-state index in [1.807, 2.05) is 25.1 Å². The topological polar surface area (TPSA) is 56.7 Å². The third-order valence-corrected chi connectivity index (χ3v) is 3.87. The second-order valence-electron chi connectivity index (χ2n) is 5.89. The molecule has 5 nitrogen and oxygen atoms in total. The summed E-state index contributed by atoms with van der Waals surface area (Å²) in [5, 5.41) is 10.4. The van der Waals surface area contributed by atoms with Crippen LogP contribution >= 0.6 is 0 Å². The molecule has 0 aliphatic heterocycles. The van der Waals surface area contributed by atoms with E-state index >= 15 is 0 Å². The molecule has 2 rings (SSSR count). The molecule has 5 heteroatoms. The van der Waals surface area contributed by atoms with Crippen molar-refractivity contribution in [1.82, 2.24) is 9.88 Å². The predicted molar refractivity (Wildman–Crippen MR) is 78.9 cm³/mol. The maximum Gasteiger partial charge on any atom is 0.255 e. The van der Waals surface area contributed by atoms with Crippen LogP contribution in [0.5, 0.6) is 0 Å². The molecule has 1 aliphatic carbocycles. The minimum atomic E-state index is -0.707. The number of nitrogens with zero attached hydrogens (tertiary/aromatic N) is 3. The van der Waals surface area contributed by atoms with Crippen LogP contribution in [0, 0.1) is 0 Å². The largest absolute Gasteiger partial charge is 0.388 e. The number of rotatable bonds is 4. The molecule has 1 aromatic rings. The van der Waals surface area contributed by atoms with Crippen molar-refractivity contribution >= 4 is 11.7 Å². The highest BCUT2D eigenvalue weighted by Crippen LogP contribution is 2.30. The summed E-state index contributed by atoms with van der Waals surface area (Å²) in [6.07, 6.45) is 5.23. The summed E-state index contributed by atoms with van der Waals surface area (Å²) in [4.78, 5) is 20.0. The predicted octanol–water partition coefficient (Wildman–Crippen LogP) is 1.52. The molecule has 1 heterocycles. The number of hydrogen-bond donors (Lipinski definition) is 1. The zero-order valence-electron chi connectivity index (χ0n) is 12.5. The van der Waals surface area contributed by atoms with Gasteiger partial charge < -0.3 is 14.9 Å². The summed E-state index contributed by atoms with van der Waals surface area (Å²) in [5.41, 5.74) is -0.152. The van der Waals surface area contributed by atoms with E-state index in [0.29, 0.717) is 12.1 Å². The summed E-state index contributed by atoms with van der Waals surface area (Å²) >= 11 is 0. The Labute approximate surface area is 120 Å². The fraction of sp³-hybridized carbons (Fsp3) is 0.600. The van der Waals surface area contributed by atoms with Crippen molar-refractivity contribution in [2.75, 3.05) is 32.6 Å². The van der Waals surface area contributed by atoms with Crippen molar-refractivity contribution in [2.45, 2.75) is 31.3 Å².